The zero-order valence-electron chi connectivity index (χ0n) is 15.2. The van der Waals surface area contributed by atoms with Crippen LogP contribution in [-0.4, -0.2) is 18.5 Å². The quantitative estimate of drug-likeness (QED) is 0.464. The summed E-state index contributed by atoms with van der Waals surface area (Å²) in [5.74, 6) is 4.42. The first-order chi connectivity index (χ1) is 9.99. The molecule has 1 rings (SSSR count). The Kier molecular flexibility index (Phi) is 8.14. The number of rotatable bonds is 10. The van der Waals surface area contributed by atoms with Crippen molar-refractivity contribution in [3.05, 3.63) is 24.4 Å². The maximum absolute atomic E-state index is 2.49. The fraction of sp³-hybridized carbons (Fsp3) is 0.800. The molecule has 122 valence electrons. The van der Waals surface area contributed by atoms with Crippen LogP contribution < -0.4 is 0 Å². The van der Waals surface area contributed by atoms with Gasteiger partial charge in [-0.2, -0.15) is 0 Å². The highest BCUT2D eigenvalue weighted by molar-refractivity contribution is 5.02. The molecule has 1 nitrogen and oxygen atoms in total. The average molecular weight is 292 g/mol. The number of hydrogen-bond acceptors (Lipinski definition) is 1. The molecule has 1 aliphatic carbocycles. The molecule has 0 spiro atoms. The summed E-state index contributed by atoms with van der Waals surface area (Å²) in [7, 11) is 2.17. The summed E-state index contributed by atoms with van der Waals surface area (Å²) < 4.78 is 0. The Bertz CT molecular complexity index is 329. The molecular weight excluding hydrogens is 254 g/mol. The number of allylic oxidation sites excluding steroid dienone is 3. The van der Waals surface area contributed by atoms with E-state index < -0.39 is 0 Å². The maximum atomic E-state index is 2.49. The first kappa shape index (κ1) is 18.3. The molecule has 0 amide bonds. The largest absolute Gasteiger partial charge is 0.381 e. The van der Waals surface area contributed by atoms with Crippen molar-refractivity contribution in [2.24, 2.45) is 29.6 Å². The molecule has 1 saturated carbocycles. The molecule has 0 heterocycles. The summed E-state index contributed by atoms with van der Waals surface area (Å²) in [5.41, 5.74) is 0. The number of nitrogens with zero attached hydrogens (tertiary/aromatic N) is 1. The second kappa shape index (κ2) is 9.33. The van der Waals surface area contributed by atoms with Crippen LogP contribution in [-0.2, 0) is 0 Å². The van der Waals surface area contributed by atoms with Gasteiger partial charge < -0.3 is 4.90 Å². The molecular formula is C20H37N. The number of hydrogen-bond donors (Lipinski definition) is 0. The summed E-state index contributed by atoms with van der Waals surface area (Å²) >= 11 is 0. The van der Waals surface area contributed by atoms with Crippen molar-refractivity contribution in [2.45, 2.75) is 60.3 Å². The Morgan fingerprint density at radius 1 is 1.19 bits per heavy atom. The molecule has 21 heavy (non-hydrogen) atoms. The van der Waals surface area contributed by atoms with Gasteiger partial charge in [-0.05, 0) is 75.3 Å². The van der Waals surface area contributed by atoms with Crippen LogP contribution in [0.5, 0.6) is 0 Å². The first-order valence-electron chi connectivity index (χ1n) is 8.99. The zero-order chi connectivity index (χ0) is 15.8. The van der Waals surface area contributed by atoms with E-state index in [-0.39, 0.29) is 0 Å². The van der Waals surface area contributed by atoms with Crippen LogP contribution in [0.15, 0.2) is 24.4 Å². The fourth-order valence-corrected chi connectivity index (χ4v) is 3.57. The lowest BCUT2D eigenvalue weighted by Crippen LogP contribution is -2.12. The standard InChI is InChI=1S/C20H37N/c1-7-9-10-11-18(12-13-21(6)8-2)20-15-19(20)17(5)14-16(3)4/h7,9,12-13,16-20H,8,10-11,14-15H2,1-6H3/b9-7-,13-12+. The molecule has 0 aromatic heterocycles. The lowest BCUT2D eigenvalue weighted by Gasteiger charge is -2.18. The molecule has 0 aromatic rings. The Morgan fingerprint density at radius 2 is 1.90 bits per heavy atom. The predicted octanol–water partition coefficient (Wildman–Crippen LogP) is 5.74. The van der Waals surface area contributed by atoms with E-state index in [0.717, 1.165) is 36.1 Å². The second-order valence-electron chi connectivity index (χ2n) is 7.40. The van der Waals surface area contributed by atoms with E-state index in [0.29, 0.717) is 0 Å². The smallest absolute Gasteiger partial charge is 0.0140 e. The Labute approximate surface area is 133 Å². The zero-order valence-corrected chi connectivity index (χ0v) is 15.2. The van der Waals surface area contributed by atoms with Gasteiger partial charge in [0.15, 0.2) is 0 Å². The Hall–Kier alpha value is -0.720. The van der Waals surface area contributed by atoms with Crippen LogP contribution >= 0.6 is 0 Å². The van der Waals surface area contributed by atoms with Crippen LogP contribution in [0.4, 0.5) is 0 Å². The van der Waals surface area contributed by atoms with Gasteiger partial charge in [0.05, 0.1) is 0 Å². The molecule has 1 fully saturated rings. The Balaban J connectivity index is 2.55. The van der Waals surface area contributed by atoms with Gasteiger partial charge in [0.25, 0.3) is 0 Å². The highest BCUT2D eigenvalue weighted by atomic mass is 15.1. The van der Waals surface area contributed by atoms with Gasteiger partial charge in [0.2, 0.25) is 0 Å². The molecule has 0 aromatic carbocycles. The van der Waals surface area contributed by atoms with Crippen LogP contribution in [0.2, 0.25) is 0 Å². The van der Waals surface area contributed by atoms with E-state index in [4.69, 9.17) is 0 Å². The summed E-state index contributed by atoms with van der Waals surface area (Å²) in [6.45, 7) is 12.6. The van der Waals surface area contributed by atoms with Crippen molar-refractivity contribution >= 4 is 0 Å². The minimum atomic E-state index is 0.773. The first-order valence-corrected chi connectivity index (χ1v) is 8.99. The SMILES string of the molecule is C/C=C\CCC(/C=C/N(C)CC)C1CC1C(C)CC(C)C. The minimum Gasteiger partial charge on any atom is -0.381 e. The van der Waals surface area contributed by atoms with Crippen molar-refractivity contribution in [3.8, 4) is 0 Å². The highest BCUT2D eigenvalue weighted by Gasteiger charge is 2.44. The van der Waals surface area contributed by atoms with Crippen molar-refractivity contribution in [2.75, 3.05) is 13.6 Å². The minimum absolute atomic E-state index is 0.773. The Morgan fingerprint density at radius 3 is 2.48 bits per heavy atom. The monoisotopic (exact) mass is 291 g/mol. The molecule has 0 radical (unpaired) electrons. The lowest BCUT2D eigenvalue weighted by molar-refractivity contribution is 0.356. The van der Waals surface area contributed by atoms with Gasteiger partial charge >= 0.3 is 0 Å². The molecule has 1 aliphatic rings. The van der Waals surface area contributed by atoms with Gasteiger partial charge in [-0.15, -0.1) is 0 Å². The van der Waals surface area contributed by atoms with Crippen LogP contribution in [0.1, 0.15) is 60.3 Å². The third-order valence-corrected chi connectivity index (χ3v) is 5.00. The summed E-state index contributed by atoms with van der Waals surface area (Å²) in [6, 6.07) is 0. The normalized spacial score (nSPS) is 24.9. The van der Waals surface area contributed by atoms with Crippen LogP contribution in [0.25, 0.3) is 0 Å². The van der Waals surface area contributed by atoms with E-state index in [1.54, 1.807) is 0 Å². The van der Waals surface area contributed by atoms with Crippen molar-refractivity contribution < 1.29 is 0 Å². The van der Waals surface area contributed by atoms with E-state index in [9.17, 15) is 0 Å². The maximum Gasteiger partial charge on any atom is 0.0140 e. The van der Waals surface area contributed by atoms with Gasteiger partial charge in [-0.1, -0.05) is 39.0 Å². The van der Waals surface area contributed by atoms with E-state index in [2.05, 4.69) is 71.0 Å². The van der Waals surface area contributed by atoms with Crippen molar-refractivity contribution in [1.82, 2.24) is 4.90 Å². The second-order valence-corrected chi connectivity index (χ2v) is 7.40. The summed E-state index contributed by atoms with van der Waals surface area (Å²) in [6.07, 6.45) is 14.7. The highest BCUT2D eigenvalue weighted by Crippen LogP contribution is 2.52. The third-order valence-electron chi connectivity index (χ3n) is 5.00. The van der Waals surface area contributed by atoms with Gasteiger partial charge in [0, 0.05) is 13.6 Å². The third kappa shape index (κ3) is 6.72. The molecule has 0 saturated heterocycles. The molecule has 4 atom stereocenters. The van der Waals surface area contributed by atoms with Gasteiger partial charge in [-0.3, -0.25) is 0 Å². The molecule has 0 bridgehead atoms. The average Bonchev–Trinajstić information content (AvgIpc) is 3.21. The van der Waals surface area contributed by atoms with Gasteiger partial charge in [0.1, 0.15) is 0 Å². The molecule has 0 aliphatic heterocycles. The topological polar surface area (TPSA) is 3.24 Å². The lowest BCUT2D eigenvalue weighted by atomic mass is 9.89. The van der Waals surface area contributed by atoms with Gasteiger partial charge in [-0.25, -0.2) is 0 Å². The molecule has 1 heteroatoms. The van der Waals surface area contributed by atoms with E-state index >= 15 is 0 Å². The van der Waals surface area contributed by atoms with E-state index in [1.807, 2.05) is 0 Å². The fourth-order valence-electron chi connectivity index (χ4n) is 3.57. The predicted molar refractivity (Wildman–Crippen MR) is 95.2 cm³/mol. The van der Waals surface area contributed by atoms with Crippen LogP contribution in [0.3, 0.4) is 0 Å². The summed E-state index contributed by atoms with van der Waals surface area (Å²) in [5, 5.41) is 0. The summed E-state index contributed by atoms with van der Waals surface area (Å²) in [4.78, 5) is 2.29. The van der Waals surface area contributed by atoms with Crippen LogP contribution in [0, 0.1) is 29.6 Å². The van der Waals surface area contributed by atoms with Crippen molar-refractivity contribution in [1.29, 1.82) is 0 Å². The van der Waals surface area contributed by atoms with Crippen molar-refractivity contribution in [3.63, 3.8) is 0 Å². The van der Waals surface area contributed by atoms with E-state index in [1.165, 1.54) is 25.7 Å². The molecule has 4 unspecified atom stereocenters. The molecule has 0 N–H and O–H groups in total.